The lowest BCUT2D eigenvalue weighted by Gasteiger charge is -2.37. The van der Waals surface area contributed by atoms with Gasteiger partial charge in [0.15, 0.2) is 5.78 Å². The second-order valence-corrected chi connectivity index (χ2v) is 9.80. The first-order valence-corrected chi connectivity index (χ1v) is 12.4. The first kappa shape index (κ1) is 25.6. The molecule has 3 atom stereocenters. The lowest BCUT2D eigenvalue weighted by atomic mass is 9.68. The summed E-state index contributed by atoms with van der Waals surface area (Å²) in [7, 11) is 0. The number of hydrogen-bond donors (Lipinski definition) is 1. The highest BCUT2D eigenvalue weighted by Crippen LogP contribution is 2.49. The van der Waals surface area contributed by atoms with Crippen molar-refractivity contribution >= 4 is 23.2 Å². The Morgan fingerprint density at radius 2 is 1.68 bits per heavy atom. The maximum absolute atomic E-state index is 14.2. The van der Waals surface area contributed by atoms with E-state index in [1.54, 1.807) is 19.1 Å². The standard InChI is InChI=1S/C30H26F3N3O2/c1-17-12-13-34-25(14-17)36-29(38)26-18(2)35-23-15-20(19-8-4-3-5-9-19)16-24(37)28(23)27(26)21-10-6-7-11-22(21)30(31,32)33/h3-14,20,26-27H,15-16H2,1-2H3,(H,34,36,38). The number of carbonyl (C=O) groups is 2. The summed E-state index contributed by atoms with van der Waals surface area (Å²) in [5, 5.41) is 2.74. The molecule has 194 valence electrons. The van der Waals surface area contributed by atoms with E-state index in [1.165, 1.54) is 24.4 Å². The summed E-state index contributed by atoms with van der Waals surface area (Å²) in [6.45, 7) is 3.48. The highest BCUT2D eigenvalue weighted by atomic mass is 19.4. The summed E-state index contributed by atoms with van der Waals surface area (Å²) in [6.07, 6.45) is -2.59. The molecular formula is C30H26F3N3O2. The first-order chi connectivity index (χ1) is 18.1. The average Bonchev–Trinajstić information content (AvgIpc) is 2.87. The maximum atomic E-state index is 14.2. The van der Waals surface area contributed by atoms with E-state index in [4.69, 9.17) is 0 Å². The molecule has 8 heteroatoms. The van der Waals surface area contributed by atoms with Crippen molar-refractivity contribution in [2.45, 2.75) is 44.7 Å². The van der Waals surface area contributed by atoms with Crippen LogP contribution >= 0.6 is 0 Å². The number of aliphatic imine (C=N–C) groups is 1. The van der Waals surface area contributed by atoms with Crippen molar-refractivity contribution in [2.75, 3.05) is 5.32 Å². The molecule has 5 rings (SSSR count). The van der Waals surface area contributed by atoms with Crippen molar-refractivity contribution in [1.29, 1.82) is 0 Å². The van der Waals surface area contributed by atoms with Gasteiger partial charge in [0.1, 0.15) is 5.82 Å². The van der Waals surface area contributed by atoms with E-state index in [9.17, 15) is 22.8 Å². The quantitative estimate of drug-likeness (QED) is 0.423. The summed E-state index contributed by atoms with van der Waals surface area (Å²) in [5.41, 5.74) is 1.86. The predicted octanol–water partition coefficient (Wildman–Crippen LogP) is 6.62. The van der Waals surface area contributed by atoms with Crippen LogP contribution in [0.2, 0.25) is 0 Å². The molecule has 2 heterocycles. The van der Waals surface area contributed by atoms with E-state index >= 15 is 0 Å². The van der Waals surface area contributed by atoms with Gasteiger partial charge in [-0.25, -0.2) is 4.98 Å². The van der Waals surface area contributed by atoms with Gasteiger partial charge in [-0.15, -0.1) is 0 Å². The van der Waals surface area contributed by atoms with Gasteiger partial charge in [-0.05, 0) is 61.1 Å². The number of ketones is 1. The molecule has 3 aromatic rings. The number of aryl methyl sites for hydroxylation is 1. The molecule has 1 amide bonds. The van der Waals surface area contributed by atoms with Crippen LogP contribution in [0.5, 0.6) is 0 Å². The van der Waals surface area contributed by atoms with Crippen molar-refractivity contribution < 1.29 is 22.8 Å². The third-order valence-electron chi connectivity index (χ3n) is 7.21. The number of nitrogens with one attached hydrogen (secondary N) is 1. The van der Waals surface area contributed by atoms with Crippen LogP contribution in [0.15, 0.2) is 89.2 Å². The lowest BCUT2D eigenvalue weighted by Crippen LogP contribution is -2.40. The lowest BCUT2D eigenvalue weighted by molar-refractivity contribution is -0.138. The third kappa shape index (κ3) is 4.90. The number of hydrogen-bond acceptors (Lipinski definition) is 4. The number of alkyl halides is 3. The second-order valence-electron chi connectivity index (χ2n) is 9.80. The Labute approximate surface area is 218 Å². The Bertz CT molecular complexity index is 1460. The number of amides is 1. The Morgan fingerprint density at radius 3 is 2.39 bits per heavy atom. The van der Waals surface area contributed by atoms with E-state index in [0.717, 1.165) is 17.2 Å². The summed E-state index contributed by atoms with van der Waals surface area (Å²) < 4.78 is 42.5. The second kappa shape index (κ2) is 10.0. The Hall–Kier alpha value is -4.07. The van der Waals surface area contributed by atoms with Crippen LogP contribution in [0, 0.1) is 12.8 Å². The van der Waals surface area contributed by atoms with E-state index in [2.05, 4.69) is 15.3 Å². The number of Topliss-reactive ketones (excluding diaryl/α,β-unsaturated/α-hetero) is 1. The molecule has 0 bridgehead atoms. The van der Waals surface area contributed by atoms with Gasteiger partial charge in [0.2, 0.25) is 5.91 Å². The highest BCUT2D eigenvalue weighted by Gasteiger charge is 2.47. The molecule has 2 aliphatic rings. The van der Waals surface area contributed by atoms with Crippen LogP contribution in [0.3, 0.4) is 0 Å². The molecule has 0 spiro atoms. The molecule has 1 N–H and O–H groups in total. The number of aromatic nitrogens is 1. The minimum Gasteiger partial charge on any atom is -0.310 e. The van der Waals surface area contributed by atoms with Gasteiger partial charge in [-0.3, -0.25) is 14.6 Å². The molecule has 0 radical (unpaired) electrons. The normalized spacial score (nSPS) is 21.6. The zero-order valence-corrected chi connectivity index (χ0v) is 20.9. The largest absolute Gasteiger partial charge is 0.416 e. The van der Waals surface area contributed by atoms with Crippen LogP contribution in [0.25, 0.3) is 0 Å². The first-order valence-electron chi connectivity index (χ1n) is 12.4. The van der Waals surface area contributed by atoms with Crippen LogP contribution < -0.4 is 5.32 Å². The molecule has 3 unspecified atom stereocenters. The van der Waals surface area contributed by atoms with Crippen molar-refractivity contribution in [1.82, 2.24) is 4.98 Å². The minimum absolute atomic E-state index is 0.106. The van der Waals surface area contributed by atoms with Crippen LogP contribution in [0.4, 0.5) is 19.0 Å². The molecule has 0 saturated heterocycles. The fourth-order valence-corrected chi connectivity index (χ4v) is 5.53. The van der Waals surface area contributed by atoms with Gasteiger partial charge in [-0.1, -0.05) is 48.5 Å². The van der Waals surface area contributed by atoms with Gasteiger partial charge in [0.25, 0.3) is 0 Å². The zero-order chi connectivity index (χ0) is 27.0. The zero-order valence-electron chi connectivity index (χ0n) is 20.9. The van der Waals surface area contributed by atoms with Gasteiger partial charge >= 0.3 is 6.18 Å². The molecule has 5 nitrogen and oxygen atoms in total. The Balaban J connectivity index is 1.63. The Kier molecular flexibility index (Phi) is 6.73. The fraction of sp³-hybridized carbons (Fsp3) is 0.267. The SMILES string of the molecule is CC1=NC2=C(C(=O)CC(c3ccccc3)C2)C(c2ccccc2C(F)(F)F)C1C(=O)Nc1cc(C)ccn1. The molecule has 0 fully saturated rings. The number of rotatable bonds is 4. The average molecular weight is 518 g/mol. The summed E-state index contributed by atoms with van der Waals surface area (Å²) in [4.78, 5) is 36.2. The van der Waals surface area contributed by atoms with Crippen LogP contribution in [-0.4, -0.2) is 22.4 Å². The number of carbonyl (C=O) groups excluding carboxylic acids is 2. The number of nitrogens with zero attached hydrogens (tertiary/aromatic N) is 2. The van der Waals surface area contributed by atoms with E-state index in [-0.39, 0.29) is 35.1 Å². The highest BCUT2D eigenvalue weighted by molar-refractivity contribution is 6.13. The van der Waals surface area contributed by atoms with Crippen LogP contribution in [0.1, 0.15) is 53.9 Å². The number of halogens is 3. The minimum atomic E-state index is -4.66. The third-order valence-corrected chi connectivity index (χ3v) is 7.21. The van der Waals surface area contributed by atoms with Gasteiger partial charge < -0.3 is 5.32 Å². The fourth-order valence-electron chi connectivity index (χ4n) is 5.53. The number of allylic oxidation sites excluding steroid dienone is 2. The number of pyridine rings is 1. The van der Waals surface area contributed by atoms with Crippen molar-refractivity contribution in [3.05, 3.63) is 106 Å². The predicted molar refractivity (Wildman–Crippen MR) is 139 cm³/mol. The van der Waals surface area contributed by atoms with Gasteiger partial charge in [0.05, 0.1) is 11.5 Å². The summed E-state index contributed by atoms with van der Waals surface area (Å²) in [5.74, 6) is -2.95. The molecular weight excluding hydrogens is 491 g/mol. The summed E-state index contributed by atoms with van der Waals surface area (Å²) >= 11 is 0. The van der Waals surface area contributed by atoms with Crippen molar-refractivity contribution in [3.63, 3.8) is 0 Å². The van der Waals surface area contributed by atoms with E-state index < -0.39 is 29.5 Å². The van der Waals surface area contributed by atoms with Crippen molar-refractivity contribution in [2.24, 2.45) is 10.9 Å². The topological polar surface area (TPSA) is 71.4 Å². The Morgan fingerprint density at radius 1 is 0.974 bits per heavy atom. The van der Waals surface area contributed by atoms with E-state index in [1.807, 2.05) is 37.3 Å². The molecule has 1 aromatic heterocycles. The molecule has 38 heavy (non-hydrogen) atoms. The monoisotopic (exact) mass is 517 g/mol. The maximum Gasteiger partial charge on any atom is 0.416 e. The molecule has 1 aliphatic heterocycles. The molecule has 2 aromatic carbocycles. The smallest absolute Gasteiger partial charge is 0.310 e. The van der Waals surface area contributed by atoms with Crippen molar-refractivity contribution in [3.8, 4) is 0 Å². The summed E-state index contributed by atoms with van der Waals surface area (Å²) in [6, 6.07) is 18.1. The number of benzene rings is 2. The number of anilines is 1. The van der Waals surface area contributed by atoms with E-state index in [0.29, 0.717) is 17.8 Å². The van der Waals surface area contributed by atoms with Gasteiger partial charge in [0, 0.05) is 35.5 Å². The molecule has 0 saturated carbocycles. The van der Waals surface area contributed by atoms with Gasteiger partial charge in [-0.2, -0.15) is 13.2 Å². The van der Waals surface area contributed by atoms with Crippen LogP contribution in [-0.2, 0) is 15.8 Å². The molecule has 1 aliphatic carbocycles.